The molecule has 0 radical (unpaired) electrons. The Morgan fingerprint density at radius 3 is 1.92 bits per heavy atom. The number of nitrogen functional groups attached to an aromatic ring is 1. The van der Waals surface area contributed by atoms with Gasteiger partial charge in [0, 0.05) is 5.69 Å². The van der Waals surface area contributed by atoms with Crippen molar-refractivity contribution in [2.24, 2.45) is 0 Å². The van der Waals surface area contributed by atoms with Gasteiger partial charge in [0.05, 0.1) is 5.56 Å². The van der Waals surface area contributed by atoms with E-state index in [-0.39, 0.29) is 5.56 Å². The molecule has 0 heterocycles. The molecule has 0 saturated heterocycles. The number of carboxylic acids is 1. The second-order valence-corrected chi connectivity index (χ2v) is 5.84. The molecule has 0 fully saturated rings. The number of aromatic carboxylic acids is 1. The van der Waals surface area contributed by atoms with Gasteiger partial charge in [-0.25, -0.2) is 4.79 Å². The average Bonchev–Trinajstić information content (AvgIpc) is 2.58. The minimum absolute atomic E-state index is 0.282. The summed E-state index contributed by atoms with van der Waals surface area (Å²) in [5, 5.41) is 9.60. The molecule has 3 heteroatoms. The maximum Gasteiger partial charge on any atom is 0.336 e. The molecule has 0 bridgehead atoms. The molecule has 3 nitrogen and oxygen atoms in total. The van der Waals surface area contributed by atoms with Crippen LogP contribution in [0.5, 0.6) is 0 Å². The zero-order valence-electron chi connectivity index (χ0n) is 13.3. The summed E-state index contributed by atoms with van der Waals surface area (Å²) < 4.78 is 0. The van der Waals surface area contributed by atoms with Gasteiger partial charge in [0.1, 0.15) is 0 Å². The number of carbonyl (C=O) groups is 1. The van der Waals surface area contributed by atoms with Crippen LogP contribution >= 0.6 is 0 Å². The maximum atomic E-state index is 11.7. The van der Waals surface area contributed by atoms with Crippen molar-refractivity contribution in [1.29, 1.82) is 0 Å². The molecule has 0 aliphatic rings. The molecule has 3 rings (SSSR count). The third kappa shape index (κ3) is 3.63. The van der Waals surface area contributed by atoms with Crippen LogP contribution in [0, 0.1) is 0 Å². The van der Waals surface area contributed by atoms with Crippen molar-refractivity contribution in [1.82, 2.24) is 0 Å². The van der Waals surface area contributed by atoms with E-state index in [0.29, 0.717) is 18.5 Å². The van der Waals surface area contributed by atoms with Gasteiger partial charge in [-0.05, 0) is 47.2 Å². The third-order valence-corrected chi connectivity index (χ3v) is 4.06. The summed E-state index contributed by atoms with van der Waals surface area (Å²) in [4.78, 5) is 11.7. The van der Waals surface area contributed by atoms with Crippen LogP contribution in [0.2, 0.25) is 0 Å². The summed E-state index contributed by atoms with van der Waals surface area (Å²) in [6, 6.07) is 23.3. The summed E-state index contributed by atoms with van der Waals surface area (Å²) in [6.07, 6.45) is 1.24. The number of anilines is 1. The lowest BCUT2D eigenvalue weighted by molar-refractivity contribution is 0.0695. The molecule has 0 aromatic heterocycles. The molecule has 0 saturated carbocycles. The molecule has 3 N–H and O–H groups in total. The van der Waals surface area contributed by atoms with Crippen molar-refractivity contribution < 1.29 is 9.90 Å². The van der Waals surface area contributed by atoms with Crippen molar-refractivity contribution in [3.63, 3.8) is 0 Å². The zero-order chi connectivity index (χ0) is 16.9. The summed E-state index contributed by atoms with van der Waals surface area (Å²) >= 11 is 0. The Labute approximate surface area is 141 Å². The fourth-order valence-electron chi connectivity index (χ4n) is 2.93. The first-order valence-corrected chi connectivity index (χ1v) is 7.86. The van der Waals surface area contributed by atoms with Crippen molar-refractivity contribution in [3.05, 3.63) is 101 Å². The smallest absolute Gasteiger partial charge is 0.336 e. The molecule has 3 aromatic rings. The fraction of sp³-hybridized carbons (Fsp3) is 0.0952. The highest BCUT2D eigenvalue weighted by Crippen LogP contribution is 2.25. The number of benzene rings is 3. The normalized spacial score (nSPS) is 10.5. The lowest BCUT2D eigenvalue weighted by Gasteiger charge is -2.15. The molecule has 0 amide bonds. The number of hydrogen-bond acceptors (Lipinski definition) is 2. The molecule has 24 heavy (non-hydrogen) atoms. The van der Waals surface area contributed by atoms with Gasteiger partial charge >= 0.3 is 5.97 Å². The van der Waals surface area contributed by atoms with Crippen molar-refractivity contribution >= 4 is 11.7 Å². The van der Waals surface area contributed by atoms with E-state index in [1.807, 2.05) is 66.7 Å². The molecule has 0 unspecified atom stereocenters. The Morgan fingerprint density at radius 1 is 0.833 bits per heavy atom. The van der Waals surface area contributed by atoms with E-state index in [9.17, 15) is 9.90 Å². The van der Waals surface area contributed by atoms with Crippen LogP contribution in [0.15, 0.2) is 72.8 Å². The maximum absolute atomic E-state index is 11.7. The summed E-state index contributed by atoms with van der Waals surface area (Å²) in [5.41, 5.74) is 10.7. The lowest BCUT2D eigenvalue weighted by atomic mass is 9.90. The first-order valence-electron chi connectivity index (χ1n) is 7.86. The van der Waals surface area contributed by atoms with Crippen molar-refractivity contribution in [2.45, 2.75) is 12.8 Å². The van der Waals surface area contributed by atoms with Gasteiger partial charge < -0.3 is 10.8 Å². The highest BCUT2D eigenvalue weighted by Gasteiger charge is 2.16. The van der Waals surface area contributed by atoms with E-state index in [1.54, 1.807) is 6.07 Å². The molecular formula is C21H19NO2. The van der Waals surface area contributed by atoms with Crippen LogP contribution < -0.4 is 5.73 Å². The first-order chi connectivity index (χ1) is 11.6. The zero-order valence-corrected chi connectivity index (χ0v) is 13.3. The van der Waals surface area contributed by atoms with Gasteiger partial charge in [-0.2, -0.15) is 0 Å². The Bertz CT molecular complexity index is 842. The summed E-state index contributed by atoms with van der Waals surface area (Å²) in [6.45, 7) is 0. The predicted octanol–water partition coefficient (Wildman–Crippen LogP) is 4.15. The van der Waals surface area contributed by atoms with E-state index in [2.05, 4.69) is 0 Å². The fourth-order valence-corrected chi connectivity index (χ4v) is 2.93. The molecule has 0 aliphatic carbocycles. The molecule has 0 aliphatic heterocycles. The number of rotatable bonds is 5. The lowest BCUT2D eigenvalue weighted by Crippen LogP contribution is -2.09. The van der Waals surface area contributed by atoms with Gasteiger partial charge in [-0.15, -0.1) is 0 Å². The van der Waals surface area contributed by atoms with Crippen LogP contribution in [-0.4, -0.2) is 11.1 Å². The van der Waals surface area contributed by atoms with Crippen LogP contribution in [0.4, 0.5) is 5.69 Å². The van der Waals surface area contributed by atoms with Crippen molar-refractivity contribution in [3.8, 4) is 0 Å². The highest BCUT2D eigenvalue weighted by molar-refractivity contribution is 5.91. The van der Waals surface area contributed by atoms with Crippen LogP contribution in [0.3, 0.4) is 0 Å². The van der Waals surface area contributed by atoms with Crippen LogP contribution in [-0.2, 0) is 12.8 Å². The van der Waals surface area contributed by atoms with Crippen LogP contribution in [0.25, 0.3) is 0 Å². The standard InChI is InChI=1S/C21H19NO2/c22-18-13-17(11-15-7-3-1-4-8-15)19(20(14-18)21(23)24)12-16-9-5-2-6-10-16/h1-10,13-14H,11-12,22H2,(H,23,24). The van der Waals surface area contributed by atoms with E-state index in [1.165, 1.54) is 0 Å². The first kappa shape index (κ1) is 15.8. The second-order valence-electron chi connectivity index (χ2n) is 5.84. The van der Waals surface area contributed by atoms with E-state index in [0.717, 1.165) is 22.3 Å². The van der Waals surface area contributed by atoms with Gasteiger partial charge in [0.25, 0.3) is 0 Å². The van der Waals surface area contributed by atoms with Gasteiger partial charge in [-0.1, -0.05) is 60.7 Å². The van der Waals surface area contributed by atoms with E-state index in [4.69, 9.17) is 5.73 Å². The minimum Gasteiger partial charge on any atom is -0.478 e. The molecule has 0 atom stereocenters. The molecule has 0 spiro atoms. The highest BCUT2D eigenvalue weighted by atomic mass is 16.4. The Kier molecular flexibility index (Phi) is 4.62. The number of nitrogens with two attached hydrogens (primary N) is 1. The van der Waals surface area contributed by atoms with Gasteiger partial charge in [0.2, 0.25) is 0 Å². The summed E-state index contributed by atoms with van der Waals surface area (Å²) in [5.74, 6) is -0.942. The topological polar surface area (TPSA) is 63.3 Å². The SMILES string of the molecule is Nc1cc(Cc2ccccc2)c(Cc2ccccc2)c(C(=O)O)c1. The van der Waals surface area contributed by atoms with E-state index < -0.39 is 5.97 Å². The molecule has 120 valence electrons. The average molecular weight is 317 g/mol. The molecular weight excluding hydrogens is 298 g/mol. The largest absolute Gasteiger partial charge is 0.478 e. The Hall–Kier alpha value is -3.07. The van der Waals surface area contributed by atoms with Crippen molar-refractivity contribution in [2.75, 3.05) is 5.73 Å². The second kappa shape index (κ2) is 7.01. The van der Waals surface area contributed by atoms with Crippen LogP contribution in [0.1, 0.15) is 32.6 Å². The van der Waals surface area contributed by atoms with Gasteiger partial charge in [-0.3, -0.25) is 0 Å². The van der Waals surface area contributed by atoms with E-state index >= 15 is 0 Å². The third-order valence-electron chi connectivity index (χ3n) is 4.06. The predicted molar refractivity (Wildman–Crippen MR) is 96.3 cm³/mol. The number of hydrogen-bond donors (Lipinski definition) is 2. The Balaban J connectivity index is 2.07. The minimum atomic E-state index is -0.942. The quantitative estimate of drug-likeness (QED) is 0.695. The molecule has 3 aromatic carbocycles. The monoisotopic (exact) mass is 317 g/mol. The number of carboxylic acid groups (broad SMARTS) is 1. The van der Waals surface area contributed by atoms with Gasteiger partial charge in [0.15, 0.2) is 0 Å². The Morgan fingerprint density at radius 2 is 1.38 bits per heavy atom. The summed E-state index contributed by atoms with van der Waals surface area (Å²) in [7, 11) is 0.